The summed E-state index contributed by atoms with van der Waals surface area (Å²) in [5, 5.41) is 0.394. The summed E-state index contributed by atoms with van der Waals surface area (Å²) in [7, 11) is 1.44. The van der Waals surface area contributed by atoms with Crippen molar-refractivity contribution in [3.63, 3.8) is 0 Å². The number of aromatic nitrogens is 1. The molecule has 0 N–H and O–H groups in total. The number of aldehydes is 1. The molecule has 138 valence electrons. The van der Waals surface area contributed by atoms with Gasteiger partial charge in [-0.3, -0.25) is 4.90 Å². The Morgan fingerprint density at radius 1 is 1.38 bits per heavy atom. The van der Waals surface area contributed by atoms with Gasteiger partial charge >= 0.3 is 0 Å². The van der Waals surface area contributed by atoms with E-state index in [1.807, 2.05) is 4.90 Å². The van der Waals surface area contributed by atoms with E-state index in [4.69, 9.17) is 21.1 Å². The summed E-state index contributed by atoms with van der Waals surface area (Å²) in [5.74, 6) is 0.614. The molecule has 3 rings (SSSR count). The number of ether oxygens (including phenoxy) is 2. The lowest BCUT2D eigenvalue weighted by Crippen LogP contribution is -2.22. The van der Waals surface area contributed by atoms with Crippen molar-refractivity contribution in [1.29, 1.82) is 0 Å². The van der Waals surface area contributed by atoms with Crippen molar-refractivity contribution in [2.75, 3.05) is 13.7 Å². The van der Waals surface area contributed by atoms with Gasteiger partial charge in [0.1, 0.15) is 18.0 Å². The molecule has 1 aromatic heterocycles. The third kappa shape index (κ3) is 3.78. The van der Waals surface area contributed by atoms with Crippen LogP contribution in [0.5, 0.6) is 11.5 Å². The first-order valence-electron chi connectivity index (χ1n) is 7.94. The average molecular weight is 383 g/mol. The van der Waals surface area contributed by atoms with Crippen LogP contribution in [0, 0.1) is 0 Å². The van der Waals surface area contributed by atoms with Crippen LogP contribution in [0.3, 0.4) is 0 Å². The van der Waals surface area contributed by atoms with E-state index in [0.717, 1.165) is 23.0 Å². The molecular weight excluding hydrogens is 366 g/mol. The van der Waals surface area contributed by atoms with Crippen molar-refractivity contribution >= 4 is 17.9 Å². The monoisotopic (exact) mass is 382 g/mol. The molecule has 0 amide bonds. The molecule has 1 aliphatic rings. The molecule has 2 heterocycles. The molecule has 0 spiro atoms. The van der Waals surface area contributed by atoms with Crippen LogP contribution >= 0.6 is 11.6 Å². The number of fused-ring (bicyclic) bond motifs is 1. The van der Waals surface area contributed by atoms with Crippen LogP contribution in [-0.2, 0) is 17.9 Å². The van der Waals surface area contributed by atoms with Crippen LogP contribution in [0.25, 0.3) is 0 Å². The van der Waals surface area contributed by atoms with E-state index in [2.05, 4.69) is 4.98 Å². The number of carbonyl (C=O) groups is 1. The molecule has 1 unspecified atom stereocenters. The van der Waals surface area contributed by atoms with Crippen LogP contribution in [-0.4, -0.2) is 36.3 Å². The fraction of sp³-hybridized carbons (Fsp3) is 0.333. The second kappa shape index (κ2) is 7.97. The third-order valence-corrected chi connectivity index (χ3v) is 4.55. The highest BCUT2D eigenvalue weighted by atomic mass is 35.5. The van der Waals surface area contributed by atoms with E-state index >= 15 is 0 Å². The van der Waals surface area contributed by atoms with Gasteiger partial charge in [0, 0.05) is 24.8 Å². The maximum absolute atomic E-state index is 12.3. The van der Waals surface area contributed by atoms with Crippen LogP contribution in [0.2, 0.25) is 5.15 Å². The van der Waals surface area contributed by atoms with Gasteiger partial charge in [0.25, 0.3) is 6.43 Å². The third-order valence-electron chi connectivity index (χ3n) is 4.22. The van der Waals surface area contributed by atoms with Gasteiger partial charge < -0.3 is 14.3 Å². The largest absolute Gasteiger partial charge is 0.493 e. The van der Waals surface area contributed by atoms with Gasteiger partial charge in [-0.2, -0.15) is 0 Å². The number of pyridine rings is 1. The van der Waals surface area contributed by atoms with Crippen molar-refractivity contribution in [2.45, 2.75) is 25.6 Å². The molecule has 1 aromatic carbocycles. The van der Waals surface area contributed by atoms with E-state index in [9.17, 15) is 13.6 Å². The molecule has 0 aliphatic carbocycles. The van der Waals surface area contributed by atoms with Gasteiger partial charge in [0.05, 0.1) is 13.2 Å². The molecule has 2 aromatic rings. The highest BCUT2D eigenvalue weighted by molar-refractivity contribution is 6.30. The topological polar surface area (TPSA) is 51.7 Å². The zero-order valence-electron chi connectivity index (χ0n) is 14.0. The van der Waals surface area contributed by atoms with Crippen molar-refractivity contribution in [1.82, 2.24) is 9.88 Å². The highest BCUT2D eigenvalue weighted by Crippen LogP contribution is 2.37. The van der Waals surface area contributed by atoms with Gasteiger partial charge in [-0.15, -0.1) is 0 Å². The first-order valence-corrected chi connectivity index (χ1v) is 8.31. The summed E-state index contributed by atoms with van der Waals surface area (Å²) in [4.78, 5) is 17.6. The second-order valence-electron chi connectivity index (χ2n) is 5.84. The number of carbonyl (C=O) groups excluding carboxylic acids is 1. The molecule has 1 atom stereocenters. The average Bonchev–Trinajstić information content (AvgIpc) is 2.98. The first-order chi connectivity index (χ1) is 12.5. The van der Waals surface area contributed by atoms with Crippen molar-refractivity contribution < 1.29 is 23.0 Å². The summed E-state index contributed by atoms with van der Waals surface area (Å²) in [6.07, 6.45) is -0.104. The maximum atomic E-state index is 12.3. The SMILES string of the molecule is COc1cc(CN2Cc3c(ccnc3Cl)C2C=O)ccc1OCC(F)F. The highest BCUT2D eigenvalue weighted by Gasteiger charge is 2.31. The van der Waals surface area contributed by atoms with Crippen LogP contribution in [0.1, 0.15) is 22.7 Å². The zero-order valence-corrected chi connectivity index (χ0v) is 14.7. The van der Waals surface area contributed by atoms with Crippen LogP contribution in [0.15, 0.2) is 30.5 Å². The number of alkyl halides is 2. The standard InChI is InChI=1S/C18H17ClF2N2O3/c1-25-16-6-11(2-3-15(16)26-10-17(20)21)7-23-8-13-12(14(23)9-24)4-5-22-18(13)19/h2-6,9,14,17H,7-8,10H2,1H3. The Morgan fingerprint density at radius 2 is 2.19 bits per heavy atom. The smallest absolute Gasteiger partial charge is 0.272 e. The van der Waals surface area contributed by atoms with Gasteiger partial charge in [-0.25, -0.2) is 13.8 Å². The molecule has 0 saturated carbocycles. The summed E-state index contributed by atoms with van der Waals surface area (Å²) in [5.41, 5.74) is 2.55. The summed E-state index contributed by atoms with van der Waals surface area (Å²) in [6.45, 7) is 0.257. The molecule has 5 nitrogen and oxygen atoms in total. The Labute approximate surface area is 154 Å². The minimum Gasteiger partial charge on any atom is -0.493 e. The quantitative estimate of drug-likeness (QED) is 0.540. The predicted molar refractivity (Wildman–Crippen MR) is 91.8 cm³/mol. The van der Waals surface area contributed by atoms with Gasteiger partial charge in [0.2, 0.25) is 0 Å². The number of rotatable bonds is 7. The fourth-order valence-electron chi connectivity index (χ4n) is 3.04. The molecule has 0 fully saturated rings. The van der Waals surface area contributed by atoms with Gasteiger partial charge in [-0.05, 0) is 29.3 Å². The summed E-state index contributed by atoms with van der Waals surface area (Å²) < 4.78 is 34.9. The molecule has 26 heavy (non-hydrogen) atoms. The minimum atomic E-state index is -2.56. The fourth-order valence-corrected chi connectivity index (χ4v) is 3.27. The van der Waals surface area contributed by atoms with Crippen molar-refractivity contribution in [3.05, 3.63) is 52.3 Å². The second-order valence-corrected chi connectivity index (χ2v) is 6.20. The summed E-state index contributed by atoms with van der Waals surface area (Å²) >= 11 is 6.14. The zero-order chi connectivity index (χ0) is 18.7. The number of nitrogens with zero attached hydrogens (tertiary/aromatic N) is 2. The van der Waals surface area contributed by atoms with Gasteiger partial charge in [0.15, 0.2) is 11.5 Å². The maximum Gasteiger partial charge on any atom is 0.272 e. The number of methoxy groups -OCH3 is 1. The predicted octanol–water partition coefficient (Wildman–Crippen LogP) is 3.64. The lowest BCUT2D eigenvalue weighted by Gasteiger charge is -2.21. The van der Waals surface area contributed by atoms with Crippen LogP contribution in [0.4, 0.5) is 8.78 Å². The minimum absolute atomic E-state index is 0.250. The normalized spacial score (nSPS) is 16.6. The Kier molecular flexibility index (Phi) is 5.68. The Bertz CT molecular complexity index is 804. The lowest BCUT2D eigenvalue weighted by atomic mass is 10.1. The van der Waals surface area contributed by atoms with Gasteiger partial charge in [-0.1, -0.05) is 17.7 Å². The Hall–Kier alpha value is -2.25. The number of hydrogen-bond donors (Lipinski definition) is 0. The van der Waals surface area contributed by atoms with E-state index < -0.39 is 19.1 Å². The molecule has 0 bridgehead atoms. The first kappa shape index (κ1) is 18.5. The molecule has 0 saturated heterocycles. The Balaban J connectivity index is 1.79. The molecule has 8 heteroatoms. The molecule has 1 aliphatic heterocycles. The number of benzene rings is 1. The lowest BCUT2D eigenvalue weighted by molar-refractivity contribution is -0.112. The summed E-state index contributed by atoms with van der Waals surface area (Å²) in [6, 6.07) is 6.44. The van der Waals surface area contributed by atoms with E-state index in [1.54, 1.807) is 30.5 Å². The van der Waals surface area contributed by atoms with Crippen molar-refractivity contribution in [2.24, 2.45) is 0 Å². The number of halogens is 3. The Morgan fingerprint density at radius 3 is 2.88 bits per heavy atom. The molecule has 0 radical (unpaired) electrons. The van der Waals surface area contributed by atoms with Crippen LogP contribution < -0.4 is 9.47 Å². The van der Waals surface area contributed by atoms with E-state index in [-0.39, 0.29) is 5.75 Å². The van der Waals surface area contributed by atoms with Crippen molar-refractivity contribution in [3.8, 4) is 11.5 Å². The number of hydrogen-bond acceptors (Lipinski definition) is 5. The van der Waals surface area contributed by atoms with E-state index in [0.29, 0.717) is 24.0 Å². The van der Waals surface area contributed by atoms with E-state index in [1.165, 1.54) is 7.11 Å². The molecular formula is C18H17ClF2N2O3.